The van der Waals surface area contributed by atoms with Gasteiger partial charge in [0.15, 0.2) is 5.76 Å². The van der Waals surface area contributed by atoms with Crippen LogP contribution in [0, 0.1) is 12.8 Å². The molecule has 2 amide bonds. The molecular formula is C20H24N2O4. The highest BCUT2D eigenvalue weighted by Crippen LogP contribution is 2.19. The van der Waals surface area contributed by atoms with E-state index in [0.717, 1.165) is 5.75 Å². The summed E-state index contributed by atoms with van der Waals surface area (Å²) in [5.41, 5.74) is 1.18. The van der Waals surface area contributed by atoms with Crippen LogP contribution in [-0.2, 0) is 4.79 Å². The third-order valence-corrected chi connectivity index (χ3v) is 4.58. The number of amides is 2. The zero-order valence-electron chi connectivity index (χ0n) is 14.9. The molecule has 1 N–H and O–H groups in total. The SMILES string of the molecule is Cc1ccc(OCCNC(=O)C2CCN(C(=O)c3ccco3)CC2)cc1. The summed E-state index contributed by atoms with van der Waals surface area (Å²) < 4.78 is 10.8. The van der Waals surface area contributed by atoms with Crippen LogP contribution >= 0.6 is 0 Å². The minimum absolute atomic E-state index is 0.0302. The smallest absolute Gasteiger partial charge is 0.289 e. The largest absolute Gasteiger partial charge is 0.492 e. The maximum atomic E-state index is 12.3. The summed E-state index contributed by atoms with van der Waals surface area (Å²) in [6.07, 6.45) is 2.82. The molecule has 1 fully saturated rings. The fraction of sp³-hybridized carbons (Fsp3) is 0.400. The van der Waals surface area contributed by atoms with E-state index in [4.69, 9.17) is 9.15 Å². The van der Waals surface area contributed by atoms with Gasteiger partial charge >= 0.3 is 0 Å². The second-order valence-corrected chi connectivity index (χ2v) is 6.50. The first kappa shape index (κ1) is 18.0. The third kappa shape index (κ3) is 4.65. The maximum absolute atomic E-state index is 12.3. The second kappa shape index (κ2) is 8.56. The van der Waals surface area contributed by atoms with Gasteiger partial charge in [-0.2, -0.15) is 0 Å². The van der Waals surface area contributed by atoms with E-state index in [1.807, 2.05) is 31.2 Å². The Morgan fingerprint density at radius 2 is 1.92 bits per heavy atom. The molecule has 0 unspecified atom stereocenters. The molecular weight excluding hydrogens is 332 g/mol. The number of hydrogen-bond acceptors (Lipinski definition) is 4. The zero-order chi connectivity index (χ0) is 18.4. The van der Waals surface area contributed by atoms with E-state index in [1.165, 1.54) is 11.8 Å². The third-order valence-electron chi connectivity index (χ3n) is 4.58. The van der Waals surface area contributed by atoms with Gasteiger partial charge in [-0.1, -0.05) is 17.7 Å². The van der Waals surface area contributed by atoms with Crippen LogP contribution in [0.4, 0.5) is 0 Å². The first-order valence-corrected chi connectivity index (χ1v) is 8.93. The molecule has 0 radical (unpaired) electrons. The first-order valence-electron chi connectivity index (χ1n) is 8.93. The normalized spacial score (nSPS) is 14.9. The lowest BCUT2D eigenvalue weighted by Gasteiger charge is -2.30. The van der Waals surface area contributed by atoms with Gasteiger partial charge in [-0.3, -0.25) is 9.59 Å². The Hall–Kier alpha value is -2.76. The summed E-state index contributed by atoms with van der Waals surface area (Å²) in [5, 5.41) is 2.92. The highest BCUT2D eigenvalue weighted by Gasteiger charge is 2.28. The number of furan rings is 1. The standard InChI is InChI=1S/C20H24N2O4/c1-15-4-6-17(7-5-15)25-14-10-21-19(23)16-8-11-22(12-9-16)20(24)18-3-2-13-26-18/h2-7,13,16H,8-12,14H2,1H3,(H,21,23). The Morgan fingerprint density at radius 3 is 2.58 bits per heavy atom. The lowest BCUT2D eigenvalue weighted by molar-refractivity contribution is -0.126. The summed E-state index contributed by atoms with van der Waals surface area (Å²) in [5.74, 6) is 1.01. The van der Waals surface area contributed by atoms with Crippen LogP contribution in [-0.4, -0.2) is 43.0 Å². The zero-order valence-corrected chi connectivity index (χ0v) is 14.9. The van der Waals surface area contributed by atoms with E-state index in [0.29, 0.717) is 44.8 Å². The van der Waals surface area contributed by atoms with Crippen molar-refractivity contribution in [1.82, 2.24) is 10.2 Å². The number of ether oxygens (including phenoxy) is 1. The summed E-state index contributed by atoms with van der Waals surface area (Å²) in [7, 11) is 0. The lowest BCUT2D eigenvalue weighted by atomic mass is 9.96. The molecule has 26 heavy (non-hydrogen) atoms. The van der Waals surface area contributed by atoms with Crippen LogP contribution in [0.25, 0.3) is 0 Å². The van der Waals surface area contributed by atoms with Crippen molar-refractivity contribution in [3.63, 3.8) is 0 Å². The Morgan fingerprint density at radius 1 is 1.19 bits per heavy atom. The number of carbonyl (C=O) groups is 2. The number of hydrogen-bond donors (Lipinski definition) is 1. The predicted octanol–water partition coefficient (Wildman–Crippen LogP) is 2.64. The van der Waals surface area contributed by atoms with Gasteiger partial charge in [-0.15, -0.1) is 0 Å². The Bertz CT molecular complexity index is 717. The van der Waals surface area contributed by atoms with Gasteiger partial charge in [0.1, 0.15) is 12.4 Å². The molecule has 0 saturated carbocycles. The van der Waals surface area contributed by atoms with Gasteiger partial charge in [0, 0.05) is 19.0 Å². The molecule has 138 valence electrons. The molecule has 0 bridgehead atoms. The van der Waals surface area contributed by atoms with Gasteiger partial charge in [0.25, 0.3) is 5.91 Å². The van der Waals surface area contributed by atoms with Crippen molar-refractivity contribution < 1.29 is 18.7 Å². The van der Waals surface area contributed by atoms with Crippen LogP contribution in [0.3, 0.4) is 0 Å². The first-order chi connectivity index (χ1) is 12.6. The van der Waals surface area contributed by atoms with Crippen LogP contribution in [0.5, 0.6) is 5.75 Å². The van der Waals surface area contributed by atoms with Crippen LogP contribution < -0.4 is 10.1 Å². The van der Waals surface area contributed by atoms with Crippen molar-refractivity contribution in [3.8, 4) is 5.75 Å². The van der Waals surface area contributed by atoms with Crippen molar-refractivity contribution in [2.24, 2.45) is 5.92 Å². The minimum atomic E-state index is -0.111. The number of likely N-dealkylation sites (tertiary alicyclic amines) is 1. The van der Waals surface area contributed by atoms with Crippen molar-refractivity contribution in [2.45, 2.75) is 19.8 Å². The molecule has 0 aliphatic carbocycles. The average Bonchev–Trinajstić information content (AvgIpc) is 3.21. The second-order valence-electron chi connectivity index (χ2n) is 6.50. The lowest BCUT2D eigenvalue weighted by Crippen LogP contribution is -2.43. The fourth-order valence-electron chi connectivity index (χ4n) is 3.02. The molecule has 1 aliphatic rings. The van der Waals surface area contributed by atoms with E-state index in [2.05, 4.69) is 5.32 Å². The van der Waals surface area contributed by atoms with Crippen LogP contribution in [0.15, 0.2) is 47.1 Å². The quantitative estimate of drug-likeness (QED) is 0.808. The van der Waals surface area contributed by atoms with Crippen LogP contribution in [0.2, 0.25) is 0 Å². The van der Waals surface area contributed by atoms with E-state index in [9.17, 15) is 9.59 Å². The number of carbonyl (C=O) groups excluding carboxylic acids is 2. The monoisotopic (exact) mass is 356 g/mol. The van der Waals surface area contributed by atoms with Crippen molar-refractivity contribution >= 4 is 11.8 Å². The van der Waals surface area contributed by atoms with Crippen molar-refractivity contribution in [1.29, 1.82) is 0 Å². The van der Waals surface area contributed by atoms with E-state index in [-0.39, 0.29) is 17.7 Å². The average molecular weight is 356 g/mol. The Labute approximate surface area is 153 Å². The fourth-order valence-corrected chi connectivity index (χ4v) is 3.02. The summed E-state index contributed by atoms with van der Waals surface area (Å²) in [6, 6.07) is 11.2. The molecule has 2 aromatic rings. The molecule has 0 spiro atoms. The van der Waals surface area contributed by atoms with E-state index < -0.39 is 0 Å². The topological polar surface area (TPSA) is 71.8 Å². The summed E-state index contributed by atoms with van der Waals surface area (Å²) in [6.45, 7) is 4.06. The minimum Gasteiger partial charge on any atom is -0.492 e. The van der Waals surface area contributed by atoms with Crippen LogP contribution in [0.1, 0.15) is 29.0 Å². The molecule has 1 saturated heterocycles. The molecule has 0 atom stereocenters. The predicted molar refractivity (Wildman–Crippen MR) is 97.0 cm³/mol. The highest BCUT2D eigenvalue weighted by atomic mass is 16.5. The van der Waals surface area contributed by atoms with Gasteiger partial charge in [0.2, 0.25) is 5.91 Å². The summed E-state index contributed by atoms with van der Waals surface area (Å²) >= 11 is 0. The van der Waals surface area contributed by atoms with Gasteiger partial charge < -0.3 is 19.4 Å². The number of rotatable bonds is 6. The van der Waals surface area contributed by atoms with Gasteiger partial charge in [-0.25, -0.2) is 0 Å². The Balaban J connectivity index is 1.36. The van der Waals surface area contributed by atoms with Crippen molar-refractivity contribution in [2.75, 3.05) is 26.2 Å². The Kier molecular flexibility index (Phi) is 5.94. The van der Waals surface area contributed by atoms with E-state index >= 15 is 0 Å². The number of aryl methyl sites for hydroxylation is 1. The van der Waals surface area contributed by atoms with E-state index in [1.54, 1.807) is 17.0 Å². The van der Waals surface area contributed by atoms with Crippen molar-refractivity contribution in [3.05, 3.63) is 54.0 Å². The number of nitrogens with one attached hydrogen (secondary N) is 1. The molecule has 1 aromatic heterocycles. The molecule has 2 heterocycles. The highest BCUT2D eigenvalue weighted by molar-refractivity contribution is 5.91. The number of nitrogens with zero attached hydrogens (tertiary/aromatic N) is 1. The molecule has 1 aliphatic heterocycles. The maximum Gasteiger partial charge on any atom is 0.289 e. The molecule has 3 rings (SSSR count). The number of benzene rings is 1. The van der Waals surface area contributed by atoms with Gasteiger partial charge in [-0.05, 0) is 44.0 Å². The van der Waals surface area contributed by atoms with Gasteiger partial charge in [0.05, 0.1) is 12.8 Å². The molecule has 6 heteroatoms. The summed E-state index contributed by atoms with van der Waals surface area (Å²) in [4.78, 5) is 26.2. The molecule has 6 nitrogen and oxygen atoms in total. The number of piperidine rings is 1. The molecule has 1 aromatic carbocycles.